The van der Waals surface area contributed by atoms with Gasteiger partial charge in [0.05, 0.1) is 0 Å². The number of rotatable bonds is 5. The average Bonchev–Trinajstić information content (AvgIpc) is 2.80. The number of nitrogens with zero attached hydrogens (tertiary/aromatic N) is 3. The maximum atomic E-state index is 12.9. The van der Waals surface area contributed by atoms with Gasteiger partial charge in [-0.3, -0.25) is 9.67 Å². The predicted octanol–water partition coefficient (Wildman–Crippen LogP) is 2.25. The Morgan fingerprint density at radius 2 is 2.00 bits per heavy atom. The van der Waals surface area contributed by atoms with E-state index in [4.69, 9.17) is 0 Å². The van der Waals surface area contributed by atoms with E-state index in [-0.39, 0.29) is 16.9 Å². The van der Waals surface area contributed by atoms with Crippen molar-refractivity contribution < 1.29 is 13.2 Å². The first-order valence-corrected chi connectivity index (χ1v) is 7.91. The van der Waals surface area contributed by atoms with E-state index in [1.54, 1.807) is 18.8 Å². The number of alkyl halides is 3. The molecule has 0 aliphatic heterocycles. The van der Waals surface area contributed by atoms with Crippen molar-refractivity contribution in [1.29, 1.82) is 0 Å². The number of aliphatic imine (C=N–C) groups is 1. The highest BCUT2D eigenvalue weighted by atomic mass is 32.2. The Hall–Kier alpha value is -1.38. The zero-order valence-corrected chi connectivity index (χ0v) is 14.2. The molecule has 0 aliphatic carbocycles. The number of hydrogen-bond acceptors (Lipinski definition) is 3. The quantitative estimate of drug-likeness (QED) is 0.639. The van der Waals surface area contributed by atoms with Crippen LogP contribution in [0.5, 0.6) is 0 Å². The molecule has 0 atom stereocenters. The highest BCUT2D eigenvalue weighted by Gasteiger charge is 2.36. The van der Waals surface area contributed by atoms with Crippen molar-refractivity contribution in [1.82, 2.24) is 20.4 Å². The Balaban J connectivity index is 2.69. The summed E-state index contributed by atoms with van der Waals surface area (Å²) in [6, 6.07) is 0. The van der Waals surface area contributed by atoms with Crippen LogP contribution in [0.2, 0.25) is 0 Å². The van der Waals surface area contributed by atoms with Crippen LogP contribution >= 0.6 is 11.8 Å². The SMILES string of the molecule is CN=C(NCc1cn(C)nc1C(F)(F)F)NCC(C)(C)SC. The van der Waals surface area contributed by atoms with Crippen molar-refractivity contribution in [3.8, 4) is 0 Å². The van der Waals surface area contributed by atoms with Gasteiger partial charge in [0, 0.05) is 43.7 Å². The Kier molecular flexibility index (Phi) is 6.16. The molecule has 22 heavy (non-hydrogen) atoms. The zero-order valence-electron chi connectivity index (χ0n) is 13.4. The summed E-state index contributed by atoms with van der Waals surface area (Å²) in [6.07, 6.45) is -1.10. The minimum absolute atomic E-state index is 0.00204. The first kappa shape index (κ1) is 18.7. The number of hydrogen-bond donors (Lipinski definition) is 2. The molecule has 5 nitrogen and oxygen atoms in total. The lowest BCUT2D eigenvalue weighted by molar-refractivity contribution is -0.142. The molecule has 1 heterocycles. The summed E-state index contributed by atoms with van der Waals surface area (Å²) >= 11 is 1.70. The maximum absolute atomic E-state index is 12.9. The van der Waals surface area contributed by atoms with Gasteiger partial charge in [-0.2, -0.15) is 30.0 Å². The molecule has 0 spiro atoms. The molecule has 1 aromatic heterocycles. The van der Waals surface area contributed by atoms with Gasteiger partial charge < -0.3 is 10.6 Å². The third-order valence-electron chi connectivity index (χ3n) is 3.08. The minimum Gasteiger partial charge on any atom is -0.355 e. The third kappa shape index (κ3) is 5.43. The Bertz CT molecular complexity index is 522. The van der Waals surface area contributed by atoms with Crippen LogP contribution in [0.25, 0.3) is 0 Å². The van der Waals surface area contributed by atoms with E-state index in [0.29, 0.717) is 12.5 Å². The van der Waals surface area contributed by atoms with Gasteiger partial charge in [-0.1, -0.05) is 0 Å². The average molecular weight is 337 g/mol. The second kappa shape index (κ2) is 7.26. The number of aromatic nitrogens is 2. The fourth-order valence-corrected chi connectivity index (χ4v) is 1.89. The molecule has 0 aromatic carbocycles. The van der Waals surface area contributed by atoms with Crippen molar-refractivity contribution in [2.24, 2.45) is 12.0 Å². The molecule has 0 aliphatic rings. The van der Waals surface area contributed by atoms with Crippen molar-refractivity contribution in [2.45, 2.75) is 31.3 Å². The molecule has 1 aromatic rings. The summed E-state index contributed by atoms with van der Waals surface area (Å²) < 4.78 is 39.8. The topological polar surface area (TPSA) is 54.2 Å². The lowest BCUT2D eigenvalue weighted by atomic mass is 10.2. The van der Waals surface area contributed by atoms with Crippen LogP contribution < -0.4 is 10.6 Å². The van der Waals surface area contributed by atoms with E-state index in [0.717, 1.165) is 4.68 Å². The van der Waals surface area contributed by atoms with Crippen molar-refractivity contribution in [2.75, 3.05) is 19.8 Å². The predicted molar refractivity (Wildman–Crippen MR) is 84.0 cm³/mol. The highest BCUT2D eigenvalue weighted by molar-refractivity contribution is 7.99. The lowest BCUT2D eigenvalue weighted by Gasteiger charge is -2.23. The van der Waals surface area contributed by atoms with Crippen LogP contribution in [0.1, 0.15) is 25.1 Å². The van der Waals surface area contributed by atoms with Gasteiger partial charge in [0.15, 0.2) is 11.7 Å². The molecule has 0 fully saturated rings. The number of nitrogens with one attached hydrogen (secondary N) is 2. The molecule has 9 heteroatoms. The van der Waals surface area contributed by atoms with E-state index in [9.17, 15) is 13.2 Å². The summed E-state index contributed by atoms with van der Waals surface area (Å²) in [6.45, 7) is 4.79. The molecular formula is C13H22F3N5S. The van der Waals surface area contributed by atoms with E-state index in [1.807, 2.05) is 6.26 Å². The first-order valence-electron chi connectivity index (χ1n) is 6.68. The molecular weight excluding hydrogens is 315 g/mol. The lowest BCUT2D eigenvalue weighted by Crippen LogP contribution is -2.43. The Morgan fingerprint density at radius 1 is 1.36 bits per heavy atom. The first-order chi connectivity index (χ1) is 10.1. The van der Waals surface area contributed by atoms with Crippen LogP contribution in [0.4, 0.5) is 13.2 Å². The second-order valence-electron chi connectivity index (χ2n) is 5.42. The summed E-state index contributed by atoms with van der Waals surface area (Å²) in [4.78, 5) is 4.02. The van der Waals surface area contributed by atoms with Gasteiger partial charge in [-0.15, -0.1) is 0 Å². The molecule has 126 valence electrons. The van der Waals surface area contributed by atoms with E-state index in [2.05, 4.69) is 34.6 Å². The van der Waals surface area contributed by atoms with Crippen LogP contribution in [-0.2, 0) is 19.8 Å². The molecule has 2 N–H and O–H groups in total. The normalized spacial score (nSPS) is 13.4. The minimum atomic E-state index is -4.46. The molecule has 0 radical (unpaired) electrons. The molecule has 0 bridgehead atoms. The fraction of sp³-hybridized carbons (Fsp3) is 0.692. The van der Waals surface area contributed by atoms with Crippen LogP contribution in [0.3, 0.4) is 0 Å². The molecule has 0 unspecified atom stereocenters. The van der Waals surface area contributed by atoms with Gasteiger partial charge in [-0.25, -0.2) is 0 Å². The number of aryl methyl sites for hydroxylation is 1. The van der Waals surface area contributed by atoms with Crippen molar-refractivity contribution in [3.05, 3.63) is 17.5 Å². The highest BCUT2D eigenvalue weighted by Crippen LogP contribution is 2.30. The number of guanidine groups is 1. The van der Waals surface area contributed by atoms with E-state index < -0.39 is 11.9 Å². The summed E-state index contributed by atoms with van der Waals surface area (Å²) in [5.41, 5.74) is -0.788. The fourth-order valence-electron chi connectivity index (χ4n) is 1.67. The number of halogens is 3. The summed E-state index contributed by atoms with van der Waals surface area (Å²) in [7, 11) is 3.04. The Labute approximate surface area is 132 Å². The van der Waals surface area contributed by atoms with Crippen LogP contribution in [-0.4, -0.2) is 40.3 Å². The monoisotopic (exact) mass is 337 g/mol. The van der Waals surface area contributed by atoms with Gasteiger partial charge in [0.25, 0.3) is 0 Å². The van der Waals surface area contributed by atoms with Gasteiger partial charge in [0.2, 0.25) is 0 Å². The third-order valence-corrected chi connectivity index (χ3v) is 4.33. The van der Waals surface area contributed by atoms with Gasteiger partial charge in [-0.05, 0) is 20.1 Å². The molecule has 1 rings (SSSR count). The second-order valence-corrected chi connectivity index (χ2v) is 6.93. The van der Waals surface area contributed by atoms with E-state index in [1.165, 1.54) is 13.2 Å². The van der Waals surface area contributed by atoms with Crippen molar-refractivity contribution in [3.63, 3.8) is 0 Å². The largest absolute Gasteiger partial charge is 0.435 e. The zero-order chi connectivity index (χ0) is 17.0. The van der Waals surface area contributed by atoms with E-state index >= 15 is 0 Å². The van der Waals surface area contributed by atoms with Crippen LogP contribution in [0.15, 0.2) is 11.2 Å². The Morgan fingerprint density at radius 3 is 2.50 bits per heavy atom. The van der Waals surface area contributed by atoms with Crippen LogP contribution in [0, 0.1) is 0 Å². The molecule has 0 saturated carbocycles. The summed E-state index contributed by atoms with van der Waals surface area (Å²) in [5, 5.41) is 9.46. The smallest absolute Gasteiger partial charge is 0.355 e. The van der Waals surface area contributed by atoms with Crippen molar-refractivity contribution >= 4 is 17.7 Å². The van der Waals surface area contributed by atoms with Gasteiger partial charge in [0.1, 0.15) is 0 Å². The molecule has 0 amide bonds. The molecule has 0 saturated heterocycles. The standard InChI is InChI=1S/C13H22F3N5S/c1-12(2,22-5)8-19-11(17-3)18-6-9-7-21(4)20-10(9)13(14,15)16/h7H,6,8H2,1-5H3,(H2,17,18,19). The van der Waals surface area contributed by atoms with Gasteiger partial charge >= 0.3 is 6.18 Å². The maximum Gasteiger partial charge on any atom is 0.435 e. The summed E-state index contributed by atoms with van der Waals surface area (Å²) in [5.74, 6) is 0.458. The number of thioether (sulfide) groups is 1.